The summed E-state index contributed by atoms with van der Waals surface area (Å²) in [5, 5.41) is 6.53. The van der Waals surface area contributed by atoms with Crippen LogP contribution >= 0.6 is 0 Å². The maximum atomic E-state index is 14.2. The van der Waals surface area contributed by atoms with Crippen LogP contribution in [0.1, 0.15) is 73.7 Å². The number of hydrogen-bond donors (Lipinski definition) is 1. The van der Waals surface area contributed by atoms with Gasteiger partial charge in [-0.1, -0.05) is 48.8 Å². The Balaban J connectivity index is 1.52. The molecule has 1 amide bonds. The third-order valence-corrected chi connectivity index (χ3v) is 7.17. The van der Waals surface area contributed by atoms with Crippen LogP contribution in [0.4, 0.5) is 0 Å². The lowest BCUT2D eigenvalue weighted by Gasteiger charge is -2.16. The SMILES string of the molecule is CCCCc1nc(C2CC2)n(-c2ncc(OCC)cn2)c(=O)c1Cc1ccc(-c2ccccc2/C(=N/OC)NC=O)nc1. The summed E-state index contributed by atoms with van der Waals surface area (Å²) in [6.07, 6.45) is 10.5. The maximum absolute atomic E-state index is 14.2. The zero-order valence-electron chi connectivity index (χ0n) is 24.6. The summed E-state index contributed by atoms with van der Waals surface area (Å²) < 4.78 is 7.08. The Hall–Kier alpha value is -4.93. The number of hydrogen-bond acceptors (Lipinski definition) is 9. The Morgan fingerprint density at radius 2 is 1.88 bits per heavy atom. The fourth-order valence-corrected chi connectivity index (χ4v) is 4.93. The van der Waals surface area contributed by atoms with Crippen molar-refractivity contribution in [3.63, 3.8) is 0 Å². The molecule has 0 bridgehead atoms. The van der Waals surface area contributed by atoms with Crippen LogP contribution in [-0.2, 0) is 22.5 Å². The van der Waals surface area contributed by atoms with Crippen LogP contribution in [-0.4, -0.2) is 50.5 Å². The summed E-state index contributed by atoms with van der Waals surface area (Å²) >= 11 is 0. The van der Waals surface area contributed by atoms with E-state index in [0.29, 0.717) is 48.0 Å². The first-order valence-electron chi connectivity index (χ1n) is 14.5. The highest BCUT2D eigenvalue weighted by Gasteiger charge is 2.32. The predicted octanol–water partition coefficient (Wildman–Crippen LogP) is 4.35. The van der Waals surface area contributed by atoms with E-state index >= 15 is 0 Å². The Bertz CT molecular complexity index is 1650. The van der Waals surface area contributed by atoms with Crippen molar-refractivity contribution < 1.29 is 14.4 Å². The lowest BCUT2D eigenvalue weighted by atomic mass is 10.00. The van der Waals surface area contributed by atoms with Crippen LogP contribution in [0.25, 0.3) is 17.2 Å². The number of unbranched alkanes of at least 4 members (excludes halogenated alkanes) is 1. The van der Waals surface area contributed by atoms with Crippen LogP contribution in [0.15, 0.2) is 64.9 Å². The second-order valence-electron chi connectivity index (χ2n) is 10.2. The smallest absolute Gasteiger partial charge is 0.264 e. The molecule has 11 nitrogen and oxygen atoms in total. The molecule has 222 valence electrons. The molecule has 0 spiro atoms. The summed E-state index contributed by atoms with van der Waals surface area (Å²) in [7, 11) is 1.42. The number of oxime groups is 1. The number of aryl methyl sites for hydroxylation is 1. The van der Waals surface area contributed by atoms with Crippen molar-refractivity contribution in [1.29, 1.82) is 0 Å². The molecule has 5 rings (SSSR count). The number of ether oxygens (including phenoxy) is 1. The average Bonchev–Trinajstić information content (AvgIpc) is 3.88. The molecule has 1 aliphatic carbocycles. The van der Waals surface area contributed by atoms with Gasteiger partial charge >= 0.3 is 0 Å². The first-order chi connectivity index (χ1) is 21.1. The summed E-state index contributed by atoms with van der Waals surface area (Å²) in [4.78, 5) is 49.0. The van der Waals surface area contributed by atoms with Gasteiger partial charge in [0.05, 0.1) is 30.4 Å². The highest BCUT2D eigenvalue weighted by atomic mass is 16.6. The van der Waals surface area contributed by atoms with Gasteiger partial charge in [0.15, 0.2) is 11.6 Å². The molecule has 0 radical (unpaired) electrons. The van der Waals surface area contributed by atoms with Gasteiger partial charge in [0.2, 0.25) is 12.4 Å². The van der Waals surface area contributed by atoms with E-state index < -0.39 is 0 Å². The number of amides is 1. The minimum atomic E-state index is -0.151. The van der Waals surface area contributed by atoms with Crippen molar-refractivity contribution in [3.8, 4) is 23.0 Å². The lowest BCUT2D eigenvalue weighted by Crippen LogP contribution is -2.30. The van der Waals surface area contributed by atoms with Crippen molar-refractivity contribution in [2.24, 2.45) is 5.16 Å². The number of benzene rings is 1. The highest BCUT2D eigenvalue weighted by Crippen LogP contribution is 2.39. The van der Waals surface area contributed by atoms with Crippen molar-refractivity contribution in [1.82, 2.24) is 29.8 Å². The van der Waals surface area contributed by atoms with Gasteiger partial charge in [-0.25, -0.2) is 19.5 Å². The Kier molecular flexibility index (Phi) is 9.50. The van der Waals surface area contributed by atoms with Gasteiger partial charge in [-0.2, -0.15) is 0 Å². The van der Waals surface area contributed by atoms with Crippen molar-refractivity contribution in [2.45, 2.75) is 58.3 Å². The van der Waals surface area contributed by atoms with Gasteiger partial charge in [0.1, 0.15) is 12.9 Å². The first kappa shape index (κ1) is 29.6. The number of amidine groups is 1. The Labute approximate surface area is 250 Å². The van der Waals surface area contributed by atoms with Gasteiger partial charge in [-0.05, 0) is 44.2 Å². The molecular formula is C32H35N7O4. The number of aromatic nitrogens is 5. The van der Waals surface area contributed by atoms with E-state index in [4.69, 9.17) is 19.5 Å². The fourth-order valence-electron chi connectivity index (χ4n) is 4.93. The minimum Gasteiger partial charge on any atom is -0.491 e. The quantitative estimate of drug-likeness (QED) is 0.107. The molecule has 3 heterocycles. The molecule has 1 saturated carbocycles. The average molecular weight is 582 g/mol. The summed E-state index contributed by atoms with van der Waals surface area (Å²) in [6, 6.07) is 11.3. The molecule has 0 saturated heterocycles. The molecule has 1 fully saturated rings. The van der Waals surface area contributed by atoms with E-state index in [2.05, 4.69) is 27.4 Å². The van der Waals surface area contributed by atoms with E-state index in [1.807, 2.05) is 43.3 Å². The number of rotatable bonds is 13. The van der Waals surface area contributed by atoms with Gasteiger partial charge in [0.25, 0.3) is 5.56 Å². The molecule has 11 heteroatoms. The van der Waals surface area contributed by atoms with Gasteiger partial charge in [-0.3, -0.25) is 14.6 Å². The third-order valence-electron chi connectivity index (χ3n) is 7.17. The molecule has 0 unspecified atom stereocenters. The molecular weight excluding hydrogens is 546 g/mol. The van der Waals surface area contributed by atoms with E-state index in [0.717, 1.165) is 54.7 Å². The zero-order chi connectivity index (χ0) is 30.2. The largest absolute Gasteiger partial charge is 0.491 e. The van der Waals surface area contributed by atoms with Crippen molar-refractivity contribution in [2.75, 3.05) is 13.7 Å². The standard InChI is InChI=1S/C32H35N7O4/c1-4-6-11-28-26(31(41)39(30(37-28)22-13-14-22)32-34-18-23(19-35-32)43-5-2)16-21-12-15-27(33-17-21)24-9-7-8-10-25(24)29(36-20-40)38-42-3/h7-10,12,15,17-20,22H,4-6,11,13-14,16H2,1-3H3,(H,36,38,40). The molecule has 0 atom stereocenters. The monoisotopic (exact) mass is 581 g/mol. The van der Waals surface area contributed by atoms with Gasteiger partial charge in [-0.15, -0.1) is 0 Å². The van der Waals surface area contributed by atoms with E-state index in [1.165, 1.54) is 7.11 Å². The maximum Gasteiger partial charge on any atom is 0.264 e. The number of pyridine rings is 1. The van der Waals surface area contributed by atoms with Crippen LogP contribution < -0.4 is 15.6 Å². The molecule has 0 aliphatic heterocycles. The van der Waals surface area contributed by atoms with Crippen molar-refractivity contribution in [3.05, 3.63) is 93.6 Å². The van der Waals surface area contributed by atoms with E-state index in [9.17, 15) is 9.59 Å². The number of carbonyl (C=O) groups is 1. The predicted molar refractivity (Wildman–Crippen MR) is 162 cm³/mol. The zero-order valence-corrected chi connectivity index (χ0v) is 24.6. The highest BCUT2D eigenvalue weighted by molar-refractivity contribution is 6.07. The first-order valence-corrected chi connectivity index (χ1v) is 14.5. The summed E-state index contributed by atoms with van der Waals surface area (Å²) in [5.74, 6) is 2.08. The van der Waals surface area contributed by atoms with Crippen LogP contribution in [0.2, 0.25) is 0 Å². The normalized spacial score (nSPS) is 13.0. The van der Waals surface area contributed by atoms with Crippen LogP contribution in [0.3, 0.4) is 0 Å². The van der Waals surface area contributed by atoms with Crippen molar-refractivity contribution >= 4 is 12.2 Å². The molecule has 43 heavy (non-hydrogen) atoms. The molecule has 1 aliphatic rings. The van der Waals surface area contributed by atoms with Gasteiger partial charge in [0, 0.05) is 35.2 Å². The minimum absolute atomic E-state index is 0.151. The van der Waals surface area contributed by atoms with Crippen LogP contribution in [0.5, 0.6) is 5.75 Å². The van der Waals surface area contributed by atoms with Crippen LogP contribution in [0, 0.1) is 0 Å². The Morgan fingerprint density at radius 1 is 1.09 bits per heavy atom. The Morgan fingerprint density at radius 3 is 2.53 bits per heavy atom. The molecule has 3 aromatic heterocycles. The van der Waals surface area contributed by atoms with E-state index in [-0.39, 0.29) is 17.3 Å². The second-order valence-corrected chi connectivity index (χ2v) is 10.2. The molecule has 4 aromatic rings. The van der Waals surface area contributed by atoms with Gasteiger partial charge < -0.3 is 14.9 Å². The third kappa shape index (κ3) is 6.77. The number of nitrogens with zero attached hydrogens (tertiary/aromatic N) is 6. The topological polar surface area (TPSA) is 133 Å². The number of carbonyl (C=O) groups excluding carboxylic acids is 1. The molecule has 1 aromatic carbocycles. The fraction of sp³-hybridized carbons (Fsp3) is 0.344. The summed E-state index contributed by atoms with van der Waals surface area (Å²) in [5.41, 5.74) is 4.28. The van der Waals surface area contributed by atoms with E-state index in [1.54, 1.807) is 23.2 Å². The lowest BCUT2D eigenvalue weighted by molar-refractivity contribution is -0.108. The number of nitrogens with one attached hydrogen (secondary N) is 1. The second kappa shape index (κ2) is 13.8. The molecule has 1 N–H and O–H groups in total. The summed E-state index contributed by atoms with van der Waals surface area (Å²) in [6.45, 7) is 4.53.